The SMILES string of the molecule is CC12CCC(C/C1=C(/C#N)C(=O)O)C2(C)C. The van der Waals surface area contributed by atoms with E-state index in [2.05, 4.69) is 20.8 Å². The van der Waals surface area contributed by atoms with E-state index in [1.165, 1.54) is 0 Å². The number of nitriles is 1. The van der Waals surface area contributed by atoms with Gasteiger partial charge in [-0.1, -0.05) is 20.8 Å². The van der Waals surface area contributed by atoms with Gasteiger partial charge in [-0.3, -0.25) is 0 Å². The smallest absolute Gasteiger partial charge is 0.346 e. The van der Waals surface area contributed by atoms with Gasteiger partial charge in [0.15, 0.2) is 0 Å². The van der Waals surface area contributed by atoms with E-state index in [1.807, 2.05) is 6.07 Å². The number of nitrogens with zero attached hydrogens (tertiary/aromatic N) is 1. The molecule has 2 unspecified atom stereocenters. The van der Waals surface area contributed by atoms with Gasteiger partial charge in [0.25, 0.3) is 0 Å². The number of carboxylic acid groups (broad SMARTS) is 1. The molecule has 0 radical (unpaired) electrons. The lowest BCUT2D eigenvalue weighted by atomic mass is 9.68. The van der Waals surface area contributed by atoms with Gasteiger partial charge in [0.2, 0.25) is 0 Å². The molecule has 3 nitrogen and oxygen atoms in total. The zero-order valence-corrected chi connectivity index (χ0v) is 10.0. The first-order valence-corrected chi connectivity index (χ1v) is 5.71. The largest absolute Gasteiger partial charge is 0.477 e. The maximum atomic E-state index is 11.1. The first-order chi connectivity index (χ1) is 7.34. The van der Waals surface area contributed by atoms with Crippen LogP contribution in [0.1, 0.15) is 40.0 Å². The van der Waals surface area contributed by atoms with Gasteiger partial charge in [-0.05, 0) is 41.6 Å². The van der Waals surface area contributed by atoms with E-state index in [-0.39, 0.29) is 16.4 Å². The molecule has 0 aliphatic heterocycles. The summed E-state index contributed by atoms with van der Waals surface area (Å²) in [6, 6.07) is 1.87. The van der Waals surface area contributed by atoms with E-state index in [4.69, 9.17) is 10.4 Å². The van der Waals surface area contributed by atoms with Crippen molar-refractivity contribution < 1.29 is 9.90 Å². The molecule has 86 valence electrons. The fourth-order valence-corrected chi connectivity index (χ4v) is 3.59. The molecule has 0 aromatic carbocycles. The van der Waals surface area contributed by atoms with Crippen molar-refractivity contribution in [3.63, 3.8) is 0 Å². The molecular formula is C13H17NO2. The monoisotopic (exact) mass is 219 g/mol. The summed E-state index contributed by atoms with van der Waals surface area (Å²) < 4.78 is 0. The average Bonchev–Trinajstić information content (AvgIpc) is 2.51. The Morgan fingerprint density at radius 2 is 2.12 bits per heavy atom. The van der Waals surface area contributed by atoms with E-state index in [0.717, 1.165) is 24.8 Å². The summed E-state index contributed by atoms with van der Waals surface area (Å²) >= 11 is 0. The minimum Gasteiger partial charge on any atom is -0.477 e. The van der Waals surface area contributed by atoms with Crippen molar-refractivity contribution in [2.75, 3.05) is 0 Å². The maximum Gasteiger partial charge on any atom is 0.346 e. The summed E-state index contributed by atoms with van der Waals surface area (Å²) in [6.45, 7) is 6.53. The Bertz CT molecular complexity index is 428. The quantitative estimate of drug-likeness (QED) is 0.545. The molecule has 1 N–H and O–H groups in total. The van der Waals surface area contributed by atoms with Crippen LogP contribution in [0.4, 0.5) is 0 Å². The molecular weight excluding hydrogens is 202 g/mol. The van der Waals surface area contributed by atoms with Crippen molar-refractivity contribution in [2.24, 2.45) is 16.7 Å². The third-order valence-electron chi connectivity index (χ3n) is 5.18. The standard InChI is InChI=1S/C13H17NO2/c1-12(2)8-4-5-13(12,3)10(6-8)9(7-14)11(15)16/h8H,4-6H2,1-3H3,(H,15,16)/b10-9+. The summed E-state index contributed by atoms with van der Waals surface area (Å²) in [5.74, 6) is -0.530. The summed E-state index contributed by atoms with van der Waals surface area (Å²) in [5.41, 5.74) is 0.891. The number of carbonyl (C=O) groups is 1. The number of aliphatic carboxylic acids is 1. The Hall–Kier alpha value is -1.30. The average molecular weight is 219 g/mol. The molecule has 2 aliphatic rings. The Labute approximate surface area is 95.8 Å². The molecule has 0 saturated heterocycles. The number of carboxylic acids is 1. The second kappa shape index (κ2) is 3.10. The predicted molar refractivity (Wildman–Crippen MR) is 59.5 cm³/mol. The van der Waals surface area contributed by atoms with Gasteiger partial charge in [0.1, 0.15) is 11.6 Å². The first-order valence-electron chi connectivity index (χ1n) is 5.71. The summed E-state index contributed by atoms with van der Waals surface area (Å²) in [5, 5.41) is 18.0. The highest BCUT2D eigenvalue weighted by atomic mass is 16.4. The molecule has 0 amide bonds. The van der Waals surface area contributed by atoms with Crippen LogP contribution in [0, 0.1) is 28.1 Å². The van der Waals surface area contributed by atoms with Crippen LogP contribution in [0.5, 0.6) is 0 Å². The van der Waals surface area contributed by atoms with Crippen LogP contribution in [-0.2, 0) is 4.79 Å². The van der Waals surface area contributed by atoms with E-state index < -0.39 is 5.97 Å². The number of rotatable bonds is 1. The third-order valence-corrected chi connectivity index (χ3v) is 5.18. The normalized spacial score (nSPS) is 38.2. The van der Waals surface area contributed by atoms with Crippen LogP contribution < -0.4 is 0 Å². The van der Waals surface area contributed by atoms with Crippen molar-refractivity contribution in [3.05, 3.63) is 11.1 Å². The fraction of sp³-hybridized carbons (Fsp3) is 0.692. The minimum atomic E-state index is -1.07. The number of allylic oxidation sites excluding steroid dienone is 1. The van der Waals surface area contributed by atoms with Crippen LogP contribution in [0.3, 0.4) is 0 Å². The van der Waals surface area contributed by atoms with Crippen LogP contribution >= 0.6 is 0 Å². The zero-order valence-electron chi connectivity index (χ0n) is 10.0. The predicted octanol–water partition coefficient (Wildman–Crippen LogP) is 2.74. The summed E-state index contributed by atoms with van der Waals surface area (Å²) in [6.07, 6.45) is 2.96. The van der Waals surface area contributed by atoms with Crippen LogP contribution in [0.15, 0.2) is 11.1 Å². The van der Waals surface area contributed by atoms with Gasteiger partial charge in [-0.15, -0.1) is 0 Å². The van der Waals surface area contributed by atoms with Gasteiger partial charge >= 0.3 is 5.97 Å². The number of hydrogen-bond donors (Lipinski definition) is 1. The molecule has 2 bridgehead atoms. The molecule has 0 spiro atoms. The van der Waals surface area contributed by atoms with Gasteiger partial charge in [0, 0.05) is 0 Å². The van der Waals surface area contributed by atoms with Crippen molar-refractivity contribution in [3.8, 4) is 6.07 Å². The lowest BCUT2D eigenvalue weighted by Crippen LogP contribution is -2.29. The zero-order chi connectivity index (χ0) is 12.1. The molecule has 2 fully saturated rings. The third kappa shape index (κ3) is 1.10. The second-order valence-electron chi connectivity index (χ2n) is 5.76. The highest BCUT2D eigenvalue weighted by Gasteiger charge is 2.59. The van der Waals surface area contributed by atoms with Crippen molar-refractivity contribution >= 4 is 5.97 Å². The van der Waals surface area contributed by atoms with Gasteiger partial charge in [-0.2, -0.15) is 5.26 Å². The molecule has 0 heterocycles. The number of hydrogen-bond acceptors (Lipinski definition) is 2. The van der Waals surface area contributed by atoms with E-state index >= 15 is 0 Å². The van der Waals surface area contributed by atoms with Gasteiger partial charge in [0.05, 0.1) is 0 Å². The van der Waals surface area contributed by atoms with Crippen LogP contribution in [-0.4, -0.2) is 11.1 Å². The molecule has 3 heteroatoms. The van der Waals surface area contributed by atoms with Crippen molar-refractivity contribution in [1.82, 2.24) is 0 Å². The molecule has 2 aliphatic carbocycles. The molecule has 0 aromatic heterocycles. The van der Waals surface area contributed by atoms with E-state index in [1.54, 1.807) is 0 Å². The summed E-state index contributed by atoms with van der Waals surface area (Å²) in [4.78, 5) is 11.1. The van der Waals surface area contributed by atoms with Crippen molar-refractivity contribution in [2.45, 2.75) is 40.0 Å². The summed E-state index contributed by atoms with van der Waals surface area (Å²) in [7, 11) is 0. The Kier molecular flexibility index (Phi) is 2.17. The van der Waals surface area contributed by atoms with Gasteiger partial charge < -0.3 is 5.11 Å². The maximum absolute atomic E-state index is 11.1. The second-order valence-corrected chi connectivity index (χ2v) is 5.76. The van der Waals surface area contributed by atoms with E-state index in [9.17, 15) is 4.79 Å². The molecule has 0 aromatic rings. The van der Waals surface area contributed by atoms with Gasteiger partial charge in [-0.25, -0.2) is 4.79 Å². The molecule has 2 saturated carbocycles. The minimum absolute atomic E-state index is 0.0159. The highest BCUT2D eigenvalue weighted by Crippen LogP contribution is 2.68. The van der Waals surface area contributed by atoms with Crippen LogP contribution in [0.2, 0.25) is 0 Å². The molecule has 16 heavy (non-hydrogen) atoms. The lowest BCUT2D eigenvalue weighted by Gasteiger charge is -2.35. The Balaban J connectivity index is 2.58. The van der Waals surface area contributed by atoms with E-state index in [0.29, 0.717) is 5.92 Å². The fourth-order valence-electron chi connectivity index (χ4n) is 3.59. The Morgan fingerprint density at radius 3 is 2.44 bits per heavy atom. The Morgan fingerprint density at radius 1 is 1.50 bits per heavy atom. The molecule has 2 atom stereocenters. The van der Waals surface area contributed by atoms with Crippen molar-refractivity contribution in [1.29, 1.82) is 5.26 Å². The molecule has 2 rings (SSSR count). The lowest BCUT2D eigenvalue weighted by molar-refractivity contribution is -0.132. The first kappa shape index (κ1) is 11.2. The highest BCUT2D eigenvalue weighted by molar-refractivity contribution is 5.92. The topological polar surface area (TPSA) is 61.1 Å². The van der Waals surface area contributed by atoms with Crippen LogP contribution in [0.25, 0.3) is 0 Å². The number of fused-ring (bicyclic) bond motifs is 2.